The zero-order valence-corrected chi connectivity index (χ0v) is 12.1. The number of hydrogen-bond acceptors (Lipinski definition) is 2. The summed E-state index contributed by atoms with van der Waals surface area (Å²) in [6.45, 7) is 6.38. The van der Waals surface area contributed by atoms with Gasteiger partial charge in [-0.2, -0.15) is 5.26 Å². The van der Waals surface area contributed by atoms with Gasteiger partial charge in [0.15, 0.2) is 6.04 Å². The fourth-order valence-electron chi connectivity index (χ4n) is 2.67. The van der Waals surface area contributed by atoms with E-state index in [1.165, 1.54) is 17.7 Å². The number of quaternary nitrogens is 1. The minimum Gasteiger partial charge on any atom is -0.325 e. The second-order valence-corrected chi connectivity index (χ2v) is 5.74. The number of likely N-dealkylation sites (tertiary alicyclic amines) is 1. The van der Waals surface area contributed by atoms with Crippen LogP contribution in [0.3, 0.4) is 0 Å². The van der Waals surface area contributed by atoms with Gasteiger partial charge in [-0.15, -0.1) is 0 Å². The molecule has 0 bridgehead atoms. The van der Waals surface area contributed by atoms with E-state index in [0.717, 1.165) is 19.0 Å². The van der Waals surface area contributed by atoms with Crippen LogP contribution in [-0.4, -0.2) is 25.0 Å². The number of piperidine rings is 1. The van der Waals surface area contributed by atoms with Crippen molar-refractivity contribution in [1.29, 1.82) is 5.26 Å². The van der Waals surface area contributed by atoms with Crippen molar-refractivity contribution >= 4 is 11.6 Å². The first-order valence-corrected chi connectivity index (χ1v) is 7.25. The van der Waals surface area contributed by atoms with Crippen molar-refractivity contribution in [1.82, 2.24) is 0 Å². The van der Waals surface area contributed by atoms with Gasteiger partial charge in [0.1, 0.15) is 0 Å². The van der Waals surface area contributed by atoms with Gasteiger partial charge in [0.25, 0.3) is 5.91 Å². The topological polar surface area (TPSA) is 57.3 Å². The maximum absolute atomic E-state index is 12.3. The minimum atomic E-state index is -0.0479. The third-order valence-electron chi connectivity index (χ3n) is 4.18. The van der Waals surface area contributed by atoms with Crippen LogP contribution in [0.15, 0.2) is 24.3 Å². The van der Waals surface area contributed by atoms with Gasteiger partial charge in [0.05, 0.1) is 24.7 Å². The van der Waals surface area contributed by atoms with Gasteiger partial charge >= 0.3 is 0 Å². The smallest absolute Gasteiger partial charge is 0.282 e. The van der Waals surface area contributed by atoms with Crippen molar-refractivity contribution in [3.05, 3.63) is 29.8 Å². The lowest BCUT2D eigenvalue weighted by molar-refractivity contribution is -0.919. The number of hydrogen-bond donors (Lipinski definition) is 2. The summed E-state index contributed by atoms with van der Waals surface area (Å²) in [5, 5.41) is 11.8. The highest BCUT2D eigenvalue weighted by atomic mass is 16.2. The van der Waals surface area contributed by atoms with Gasteiger partial charge in [-0.05, 0) is 43.9 Å². The number of nitriles is 1. The fourth-order valence-corrected chi connectivity index (χ4v) is 2.67. The van der Waals surface area contributed by atoms with E-state index in [2.05, 4.69) is 18.3 Å². The molecule has 1 aliphatic rings. The molecule has 1 fully saturated rings. The molecule has 0 unspecified atom stereocenters. The first-order chi connectivity index (χ1) is 9.60. The number of amides is 1. The average molecular weight is 272 g/mol. The Bertz CT molecular complexity index is 513. The third kappa shape index (κ3) is 3.58. The highest BCUT2D eigenvalue weighted by Gasteiger charge is 2.28. The van der Waals surface area contributed by atoms with Crippen molar-refractivity contribution in [3.8, 4) is 6.07 Å². The lowest BCUT2D eigenvalue weighted by Gasteiger charge is -2.31. The Hall–Kier alpha value is -1.86. The lowest BCUT2D eigenvalue weighted by atomic mass is 9.98. The maximum Gasteiger partial charge on any atom is 0.282 e. The lowest BCUT2D eigenvalue weighted by Crippen LogP contribution is -3.17. The van der Waals surface area contributed by atoms with Crippen LogP contribution in [0.4, 0.5) is 5.69 Å². The molecule has 1 saturated heterocycles. The number of carbonyl (C=O) groups excluding carboxylic acids is 1. The van der Waals surface area contributed by atoms with Crippen LogP contribution in [0, 0.1) is 17.2 Å². The van der Waals surface area contributed by atoms with E-state index in [-0.39, 0.29) is 11.9 Å². The van der Waals surface area contributed by atoms with Crippen LogP contribution < -0.4 is 10.2 Å². The Morgan fingerprint density at radius 2 is 2.15 bits per heavy atom. The van der Waals surface area contributed by atoms with Crippen LogP contribution in [0.2, 0.25) is 0 Å². The second kappa shape index (κ2) is 6.53. The molecule has 1 atom stereocenters. The summed E-state index contributed by atoms with van der Waals surface area (Å²) < 4.78 is 0. The van der Waals surface area contributed by atoms with Crippen LogP contribution in [0.25, 0.3) is 0 Å². The predicted molar refractivity (Wildman–Crippen MR) is 78.3 cm³/mol. The zero-order valence-electron chi connectivity index (χ0n) is 12.1. The largest absolute Gasteiger partial charge is 0.325 e. The molecule has 1 aromatic rings. The summed E-state index contributed by atoms with van der Waals surface area (Å²) in [6, 6.07) is 9.08. The predicted octanol–water partition coefficient (Wildman–Crippen LogP) is 1.20. The fraction of sp³-hybridized carbons (Fsp3) is 0.500. The van der Waals surface area contributed by atoms with E-state index in [0.29, 0.717) is 11.3 Å². The van der Waals surface area contributed by atoms with Crippen molar-refractivity contribution in [2.45, 2.75) is 32.7 Å². The summed E-state index contributed by atoms with van der Waals surface area (Å²) in [5.41, 5.74) is 1.26. The molecule has 0 spiro atoms. The molecule has 20 heavy (non-hydrogen) atoms. The molecule has 4 heteroatoms. The van der Waals surface area contributed by atoms with Crippen molar-refractivity contribution in [2.75, 3.05) is 18.4 Å². The molecule has 0 saturated carbocycles. The van der Waals surface area contributed by atoms with Crippen LogP contribution in [0.1, 0.15) is 32.3 Å². The van der Waals surface area contributed by atoms with E-state index >= 15 is 0 Å². The van der Waals surface area contributed by atoms with E-state index in [9.17, 15) is 4.79 Å². The summed E-state index contributed by atoms with van der Waals surface area (Å²) in [4.78, 5) is 13.6. The molecular weight excluding hydrogens is 250 g/mol. The minimum absolute atomic E-state index is 0.0321. The second-order valence-electron chi connectivity index (χ2n) is 5.74. The number of benzene rings is 1. The molecule has 4 nitrogen and oxygen atoms in total. The van der Waals surface area contributed by atoms with Crippen molar-refractivity contribution in [3.63, 3.8) is 0 Å². The summed E-state index contributed by atoms with van der Waals surface area (Å²) in [7, 11) is 0. The number of nitrogens with one attached hydrogen (secondary N) is 2. The normalized spacial score (nSPS) is 23.6. The third-order valence-corrected chi connectivity index (χ3v) is 4.18. The van der Waals surface area contributed by atoms with Gasteiger partial charge in [0, 0.05) is 5.69 Å². The molecule has 1 aromatic carbocycles. The first kappa shape index (κ1) is 14.5. The van der Waals surface area contributed by atoms with Gasteiger partial charge in [-0.3, -0.25) is 4.79 Å². The molecular formula is C16H22N3O+. The average Bonchev–Trinajstić information content (AvgIpc) is 2.47. The molecule has 2 rings (SSSR count). The van der Waals surface area contributed by atoms with E-state index < -0.39 is 0 Å². The Balaban J connectivity index is 1.95. The highest BCUT2D eigenvalue weighted by Crippen LogP contribution is 2.10. The quantitative estimate of drug-likeness (QED) is 0.868. The van der Waals surface area contributed by atoms with Crippen molar-refractivity contribution < 1.29 is 9.69 Å². The molecule has 0 radical (unpaired) electrons. The number of anilines is 1. The maximum atomic E-state index is 12.3. The van der Waals surface area contributed by atoms with Crippen LogP contribution in [-0.2, 0) is 4.79 Å². The highest BCUT2D eigenvalue weighted by molar-refractivity contribution is 5.93. The van der Waals surface area contributed by atoms with E-state index in [4.69, 9.17) is 5.26 Å². The first-order valence-electron chi connectivity index (χ1n) is 7.25. The van der Waals surface area contributed by atoms with E-state index in [1.54, 1.807) is 18.2 Å². The number of nitrogens with zero attached hydrogens (tertiary/aromatic N) is 1. The standard InChI is InChI=1S/C16H21N3O/c1-12-6-8-19(9-7-12)13(2)16(20)18-15-5-3-4-14(10-15)11-17/h3-5,10,12-13H,6-9H2,1-2H3,(H,18,20)/p+1/t13-/m1/s1. The van der Waals surface area contributed by atoms with Gasteiger partial charge in [-0.1, -0.05) is 13.0 Å². The number of carbonyl (C=O) groups is 1. The molecule has 1 heterocycles. The van der Waals surface area contributed by atoms with Gasteiger partial charge < -0.3 is 10.2 Å². The van der Waals surface area contributed by atoms with Crippen LogP contribution in [0.5, 0.6) is 0 Å². The zero-order chi connectivity index (χ0) is 14.5. The molecule has 1 amide bonds. The van der Waals surface area contributed by atoms with Gasteiger partial charge in [-0.25, -0.2) is 0 Å². The van der Waals surface area contributed by atoms with Crippen LogP contribution >= 0.6 is 0 Å². The Morgan fingerprint density at radius 3 is 2.80 bits per heavy atom. The molecule has 2 N–H and O–H groups in total. The monoisotopic (exact) mass is 272 g/mol. The SMILES string of the molecule is CC1CC[NH+]([C@H](C)C(=O)Nc2cccc(C#N)c2)CC1. The Kier molecular flexibility index (Phi) is 4.75. The summed E-state index contributed by atoms with van der Waals surface area (Å²) in [5.74, 6) is 0.811. The van der Waals surface area contributed by atoms with E-state index in [1.807, 2.05) is 13.0 Å². The van der Waals surface area contributed by atoms with Crippen molar-refractivity contribution in [2.24, 2.45) is 5.92 Å². The molecule has 0 aromatic heterocycles. The van der Waals surface area contributed by atoms with Gasteiger partial charge in [0.2, 0.25) is 0 Å². The molecule has 0 aliphatic carbocycles. The Labute approximate surface area is 120 Å². The number of rotatable bonds is 3. The molecule has 1 aliphatic heterocycles. The Morgan fingerprint density at radius 1 is 1.45 bits per heavy atom. The summed E-state index contributed by atoms with van der Waals surface area (Å²) >= 11 is 0. The summed E-state index contributed by atoms with van der Waals surface area (Å²) in [6.07, 6.45) is 2.38. The molecule has 106 valence electrons.